The summed E-state index contributed by atoms with van der Waals surface area (Å²) in [4.78, 5) is 11.9. The molecule has 0 rings (SSSR count). The van der Waals surface area contributed by atoms with E-state index in [1.165, 1.54) is 59.9 Å². The third kappa shape index (κ3) is 9.91. The Kier molecular flexibility index (Phi) is 13.3. The van der Waals surface area contributed by atoms with E-state index in [9.17, 15) is 4.79 Å². The highest BCUT2D eigenvalue weighted by molar-refractivity contribution is 6.66. The van der Waals surface area contributed by atoms with E-state index in [1.807, 2.05) is 0 Å². The first-order valence-corrected chi connectivity index (χ1v) is 10.4. The van der Waals surface area contributed by atoms with Gasteiger partial charge in [-0.15, -0.1) is 0 Å². The predicted molar refractivity (Wildman–Crippen MR) is 94.1 cm³/mol. The van der Waals surface area contributed by atoms with Gasteiger partial charge in [-0.2, -0.15) is 0 Å². The van der Waals surface area contributed by atoms with Gasteiger partial charge >= 0.3 is 14.8 Å². The van der Waals surface area contributed by atoms with Gasteiger partial charge in [-0.05, 0) is 19.0 Å². The molecule has 0 amide bonds. The van der Waals surface area contributed by atoms with Crippen LogP contribution in [0.1, 0.15) is 65.2 Å². The molecule has 0 aliphatic rings. The maximum absolute atomic E-state index is 11.9. The lowest BCUT2D eigenvalue weighted by atomic mass is 10.1. The Balaban J connectivity index is 3.93. The summed E-state index contributed by atoms with van der Waals surface area (Å²) >= 11 is 0. The zero-order valence-corrected chi connectivity index (χ0v) is 16.5. The van der Waals surface area contributed by atoms with Crippen molar-refractivity contribution in [2.45, 2.75) is 65.2 Å². The second kappa shape index (κ2) is 13.7. The standard InChI is InChI=1S/C17H34O5Si/c1-6-7-8-9-10-11-12-13-14-22-17(18)16(2)15-23(19-3,20-4)21-5/h15H,6-14H2,1-5H3. The Labute approximate surface area is 142 Å². The Morgan fingerprint density at radius 2 is 1.35 bits per heavy atom. The molecule has 5 nitrogen and oxygen atoms in total. The van der Waals surface area contributed by atoms with Crippen molar-refractivity contribution < 1.29 is 22.8 Å². The van der Waals surface area contributed by atoms with Gasteiger partial charge in [0.25, 0.3) is 0 Å². The van der Waals surface area contributed by atoms with E-state index in [4.69, 9.17) is 18.0 Å². The Hall–Kier alpha value is -0.693. The van der Waals surface area contributed by atoms with Crippen LogP contribution in [0, 0.1) is 0 Å². The lowest BCUT2D eigenvalue weighted by Gasteiger charge is -2.21. The summed E-state index contributed by atoms with van der Waals surface area (Å²) < 4.78 is 21.1. The van der Waals surface area contributed by atoms with E-state index in [2.05, 4.69) is 6.92 Å². The third-order valence-corrected chi connectivity index (χ3v) is 6.29. The summed E-state index contributed by atoms with van der Waals surface area (Å²) in [5.41, 5.74) is 2.07. The number of hydrogen-bond donors (Lipinski definition) is 0. The monoisotopic (exact) mass is 346 g/mol. The van der Waals surface area contributed by atoms with Gasteiger partial charge in [-0.25, -0.2) is 4.79 Å². The minimum Gasteiger partial charge on any atom is -0.462 e. The summed E-state index contributed by atoms with van der Waals surface area (Å²) in [6.07, 6.45) is 9.76. The highest BCUT2D eigenvalue weighted by atomic mass is 28.4. The molecule has 0 fully saturated rings. The highest BCUT2D eigenvalue weighted by Crippen LogP contribution is 2.12. The van der Waals surface area contributed by atoms with Crippen LogP contribution >= 0.6 is 0 Å². The highest BCUT2D eigenvalue weighted by Gasteiger charge is 2.36. The van der Waals surface area contributed by atoms with Crippen LogP contribution in [0.25, 0.3) is 0 Å². The number of unbranched alkanes of at least 4 members (excludes halogenated alkanes) is 7. The van der Waals surface area contributed by atoms with Crippen molar-refractivity contribution in [2.24, 2.45) is 0 Å². The molecule has 23 heavy (non-hydrogen) atoms. The van der Waals surface area contributed by atoms with E-state index >= 15 is 0 Å². The van der Waals surface area contributed by atoms with Crippen molar-refractivity contribution in [1.82, 2.24) is 0 Å². The maximum Gasteiger partial charge on any atom is 0.529 e. The van der Waals surface area contributed by atoms with Crippen LogP contribution in [-0.4, -0.2) is 42.7 Å². The van der Waals surface area contributed by atoms with Crippen molar-refractivity contribution in [1.29, 1.82) is 0 Å². The molecule has 0 aliphatic carbocycles. The lowest BCUT2D eigenvalue weighted by molar-refractivity contribution is -0.139. The number of carbonyl (C=O) groups excluding carboxylic acids is 1. The molecule has 0 aromatic carbocycles. The summed E-state index contributed by atoms with van der Waals surface area (Å²) in [5, 5.41) is 0. The summed E-state index contributed by atoms with van der Waals surface area (Å²) in [5.74, 6) is -0.337. The molecule has 0 atom stereocenters. The lowest BCUT2D eigenvalue weighted by Crippen LogP contribution is -2.41. The number of esters is 1. The number of hydrogen-bond acceptors (Lipinski definition) is 5. The molecule has 0 unspecified atom stereocenters. The molecule has 6 heteroatoms. The van der Waals surface area contributed by atoms with Gasteiger partial charge in [0.2, 0.25) is 0 Å². The molecule has 0 saturated heterocycles. The Morgan fingerprint density at radius 1 is 0.870 bits per heavy atom. The quantitative estimate of drug-likeness (QED) is 0.206. The average Bonchev–Trinajstić information content (AvgIpc) is 2.58. The third-order valence-electron chi connectivity index (χ3n) is 3.80. The molecule has 0 aliphatic heterocycles. The van der Waals surface area contributed by atoms with Crippen LogP contribution in [0.5, 0.6) is 0 Å². The molecule has 0 heterocycles. The van der Waals surface area contributed by atoms with Gasteiger partial charge in [0.15, 0.2) is 0 Å². The van der Waals surface area contributed by atoms with Gasteiger partial charge in [-0.1, -0.05) is 51.9 Å². The van der Waals surface area contributed by atoms with Gasteiger partial charge < -0.3 is 18.0 Å². The fourth-order valence-corrected chi connectivity index (χ4v) is 3.77. The minimum absolute atomic E-state index is 0.337. The molecular formula is C17H34O5Si. The van der Waals surface area contributed by atoms with Crippen molar-refractivity contribution in [3.63, 3.8) is 0 Å². The fraction of sp³-hybridized carbons (Fsp3) is 0.824. The Morgan fingerprint density at radius 3 is 1.83 bits per heavy atom. The molecule has 0 N–H and O–H groups in total. The topological polar surface area (TPSA) is 54.0 Å². The smallest absolute Gasteiger partial charge is 0.462 e. The SMILES string of the molecule is CCCCCCCCCCOC(=O)C(C)=C[Si](OC)(OC)OC. The average molecular weight is 347 g/mol. The number of carbonyl (C=O) groups is 1. The van der Waals surface area contributed by atoms with Crippen molar-refractivity contribution in [3.8, 4) is 0 Å². The largest absolute Gasteiger partial charge is 0.529 e. The zero-order chi connectivity index (χ0) is 17.6. The van der Waals surface area contributed by atoms with E-state index < -0.39 is 8.80 Å². The summed E-state index contributed by atoms with van der Waals surface area (Å²) in [6, 6.07) is 0. The molecule has 0 saturated carbocycles. The first-order chi connectivity index (χ1) is 11.0. The molecule has 0 aromatic heterocycles. The van der Waals surface area contributed by atoms with Crippen LogP contribution in [-0.2, 0) is 22.8 Å². The molecule has 0 spiro atoms. The van der Waals surface area contributed by atoms with E-state index in [0.29, 0.717) is 12.2 Å². The summed E-state index contributed by atoms with van der Waals surface area (Å²) in [6.45, 7) is 4.37. The Bertz CT molecular complexity index is 332. The van der Waals surface area contributed by atoms with Gasteiger partial charge in [0, 0.05) is 26.9 Å². The van der Waals surface area contributed by atoms with E-state index in [-0.39, 0.29) is 5.97 Å². The maximum atomic E-state index is 11.9. The summed E-state index contributed by atoms with van der Waals surface area (Å²) in [7, 11) is 1.64. The molecule has 0 radical (unpaired) electrons. The van der Waals surface area contributed by atoms with Gasteiger partial charge in [-0.3, -0.25) is 0 Å². The predicted octanol–water partition coefficient (Wildman–Crippen LogP) is 4.03. The minimum atomic E-state index is -2.88. The van der Waals surface area contributed by atoms with Crippen LogP contribution < -0.4 is 0 Å². The van der Waals surface area contributed by atoms with Crippen LogP contribution in [0.2, 0.25) is 0 Å². The second-order valence-electron chi connectivity index (χ2n) is 5.65. The molecular weight excluding hydrogens is 312 g/mol. The van der Waals surface area contributed by atoms with E-state index in [1.54, 1.807) is 12.6 Å². The van der Waals surface area contributed by atoms with Crippen LogP contribution in [0.4, 0.5) is 0 Å². The van der Waals surface area contributed by atoms with Crippen LogP contribution in [0.3, 0.4) is 0 Å². The molecule has 136 valence electrons. The van der Waals surface area contributed by atoms with Crippen molar-refractivity contribution >= 4 is 14.8 Å². The first kappa shape index (κ1) is 22.3. The fourth-order valence-electron chi connectivity index (χ4n) is 2.27. The first-order valence-electron chi connectivity index (χ1n) is 8.57. The number of ether oxygens (including phenoxy) is 1. The zero-order valence-electron chi connectivity index (χ0n) is 15.5. The van der Waals surface area contributed by atoms with Crippen molar-refractivity contribution in [3.05, 3.63) is 11.3 Å². The number of rotatable bonds is 14. The van der Waals surface area contributed by atoms with Crippen LogP contribution in [0.15, 0.2) is 11.3 Å². The molecule has 0 bridgehead atoms. The van der Waals surface area contributed by atoms with E-state index in [0.717, 1.165) is 12.8 Å². The van der Waals surface area contributed by atoms with Crippen molar-refractivity contribution in [2.75, 3.05) is 27.9 Å². The van der Waals surface area contributed by atoms with Gasteiger partial charge in [0.05, 0.1) is 6.61 Å². The second-order valence-corrected chi connectivity index (χ2v) is 8.37. The normalized spacial score (nSPS) is 12.5. The molecule has 0 aromatic rings. The van der Waals surface area contributed by atoms with Gasteiger partial charge in [0.1, 0.15) is 0 Å².